The largest absolute Gasteiger partial charge is 0.342 e. The first-order chi connectivity index (χ1) is 13.1. The summed E-state index contributed by atoms with van der Waals surface area (Å²) in [5.74, 6) is -0.247. The molecule has 6 heteroatoms. The molecule has 0 bridgehead atoms. The van der Waals surface area contributed by atoms with Gasteiger partial charge in [-0.25, -0.2) is 4.39 Å². The minimum atomic E-state index is -0.374. The van der Waals surface area contributed by atoms with Crippen LogP contribution in [0.1, 0.15) is 5.56 Å². The molecule has 3 aromatic carbocycles. The number of hydrogen-bond donors (Lipinski definition) is 0. The molecular weight excluding hydrogens is 363 g/mol. The third-order valence-electron chi connectivity index (χ3n) is 4.33. The maximum absolute atomic E-state index is 14.1. The predicted molar refractivity (Wildman–Crippen MR) is 105 cm³/mol. The maximum Gasteiger partial charge on any atom is 0.283 e. The van der Waals surface area contributed by atoms with Gasteiger partial charge in [-0.3, -0.25) is 10.1 Å². The van der Waals surface area contributed by atoms with Gasteiger partial charge in [-0.2, -0.15) is 0 Å². The summed E-state index contributed by atoms with van der Waals surface area (Å²) in [7, 11) is 0. The van der Waals surface area contributed by atoms with Crippen LogP contribution in [0.4, 0.5) is 10.1 Å². The molecular formula is C21H15FN2O2S. The monoisotopic (exact) mass is 378 g/mol. The Balaban J connectivity index is 1.77. The van der Waals surface area contributed by atoms with E-state index in [4.69, 9.17) is 0 Å². The van der Waals surface area contributed by atoms with Gasteiger partial charge in [-0.05, 0) is 18.2 Å². The van der Waals surface area contributed by atoms with Crippen molar-refractivity contribution in [1.29, 1.82) is 0 Å². The molecule has 0 aliphatic heterocycles. The summed E-state index contributed by atoms with van der Waals surface area (Å²) in [6.07, 6.45) is 1.93. The Morgan fingerprint density at radius 3 is 2.44 bits per heavy atom. The van der Waals surface area contributed by atoms with Crippen molar-refractivity contribution in [2.24, 2.45) is 0 Å². The fourth-order valence-electron chi connectivity index (χ4n) is 3.05. The molecule has 27 heavy (non-hydrogen) atoms. The molecule has 4 nitrogen and oxygen atoms in total. The number of halogens is 1. The molecule has 0 radical (unpaired) electrons. The number of nitro benzene ring substituents is 1. The van der Waals surface area contributed by atoms with Crippen molar-refractivity contribution in [3.8, 4) is 0 Å². The zero-order valence-corrected chi connectivity index (χ0v) is 15.0. The van der Waals surface area contributed by atoms with E-state index < -0.39 is 0 Å². The van der Waals surface area contributed by atoms with Crippen molar-refractivity contribution >= 4 is 28.4 Å². The van der Waals surface area contributed by atoms with Gasteiger partial charge in [0.25, 0.3) is 5.69 Å². The van der Waals surface area contributed by atoms with Crippen LogP contribution >= 0.6 is 11.8 Å². The second kappa shape index (κ2) is 7.25. The van der Waals surface area contributed by atoms with Gasteiger partial charge in [-0.1, -0.05) is 60.3 Å². The van der Waals surface area contributed by atoms with Crippen LogP contribution in [0.5, 0.6) is 0 Å². The molecule has 0 amide bonds. The number of rotatable bonds is 5. The van der Waals surface area contributed by atoms with Crippen molar-refractivity contribution in [3.05, 3.63) is 100 Å². The van der Waals surface area contributed by atoms with E-state index in [1.807, 2.05) is 41.1 Å². The lowest BCUT2D eigenvalue weighted by Crippen LogP contribution is -2.00. The molecule has 4 rings (SSSR count). The molecule has 1 aromatic heterocycles. The van der Waals surface area contributed by atoms with Crippen LogP contribution in [0.15, 0.2) is 88.8 Å². The Kier molecular flexibility index (Phi) is 4.64. The van der Waals surface area contributed by atoms with E-state index in [-0.39, 0.29) is 16.4 Å². The molecule has 0 aliphatic carbocycles. The lowest BCUT2D eigenvalue weighted by molar-refractivity contribution is -0.387. The molecule has 0 fully saturated rings. The molecule has 0 saturated heterocycles. The standard InChI is InChI=1S/C21H15FN2O2S/c22-17-9-3-1-7-15(17)13-23-14-21(16-8-2-4-10-18(16)23)27-20-12-6-5-11-19(20)24(25)26/h1-12,14H,13H2. The summed E-state index contributed by atoms with van der Waals surface area (Å²) in [5.41, 5.74) is 1.63. The summed E-state index contributed by atoms with van der Waals surface area (Å²) < 4.78 is 16.1. The quantitative estimate of drug-likeness (QED) is 0.321. The van der Waals surface area contributed by atoms with Crippen molar-refractivity contribution in [2.45, 2.75) is 16.3 Å². The number of benzene rings is 3. The van der Waals surface area contributed by atoms with Crippen LogP contribution in [-0.2, 0) is 6.54 Å². The Labute approximate surface area is 159 Å². The molecule has 1 heterocycles. The molecule has 0 atom stereocenters. The van der Waals surface area contributed by atoms with Gasteiger partial charge in [0.15, 0.2) is 0 Å². The number of para-hydroxylation sites is 2. The van der Waals surface area contributed by atoms with E-state index >= 15 is 0 Å². The fraction of sp³-hybridized carbons (Fsp3) is 0.0476. The topological polar surface area (TPSA) is 48.1 Å². The Hall–Kier alpha value is -3.12. The Morgan fingerprint density at radius 1 is 0.926 bits per heavy atom. The third-order valence-corrected chi connectivity index (χ3v) is 5.44. The molecule has 0 spiro atoms. The summed E-state index contributed by atoms with van der Waals surface area (Å²) >= 11 is 1.35. The molecule has 134 valence electrons. The molecule has 0 saturated carbocycles. The van der Waals surface area contributed by atoms with Crippen LogP contribution in [-0.4, -0.2) is 9.49 Å². The smallest absolute Gasteiger partial charge is 0.283 e. The zero-order chi connectivity index (χ0) is 18.8. The zero-order valence-electron chi connectivity index (χ0n) is 14.2. The SMILES string of the molecule is O=[N+]([O-])c1ccccc1Sc1cn(Cc2ccccc2F)c2ccccc12. The highest BCUT2D eigenvalue weighted by Crippen LogP contribution is 2.39. The van der Waals surface area contributed by atoms with Gasteiger partial charge in [0.1, 0.15) is 5.82 Å². The van der Waals surface area contributed by atoms with Gasteiger partial charge in [0.05, 0.1) is 16.4 Å². The maximum atomic E-state index is 14.1. The lowest BCUT2D eigenvalue weighted by atomic mass is 10.2. The van der Waals surface area contributed by atoms with E-state index in [1.165, 1.54) is 23.9 Å². The van der Waals surface area contributed by atoms with E-state index in [0.717, 1.165) is 15.8 Å². The van der Waals surface area contributed by atoms with Gasteiger partial charge in [0, 0.05) is 33.6 Å². The van der Waals surface area contributed by atoms with E-state index in [9.17, 15) is 14.5 Å². The molecule has 0 unspecified atom stereocenters. The van der Waals surface area contributed by atoms with Crippen LogP contribution in [0.3, 0.4) is 0 Å². The fourth-order valence-corrected chi connectivity index (χ4v) is 4.14. The van der Waals surface area contributed by atoms with Gasteiger partial charge >= 0.3 is 0 Å². The van der Waals surface area contributed by atoms with Gasteiger partial charge in [0.2, 0.25) is 0 Å². The number of fused-ring (bicyclic) bond motifs is 1. The minimum absolute atomic E-state index is 0.0773. The first-order valence-electron chi connectivity index (χ1n) is 8.36. The highest BCUT2D eigenvalue weighted by atomic mass is 32.2. The second-order valence-corrected chi connectivity index (χ2v) is 7.14. The summed E-state index contributed by atoms with van der Waals surface area (Å²) in [6, 6.07) is 21.2. The van der Waals surface area contributed by atoms with E-state index in [1.54, 1.807) is 30.3 Å². The van der Waals surface area contributed by atoms with Crippen LogP contribution in [0.2, 0.25) is 0 Å². The summed E-state index contributed by atoms with van der Waals surface area (Å²) in [5, 5.41) is 12.3. The summed E-state index contributed by atoms with van der Waals surface area (Å²) in [6.45, 7) is 0.393. The lowest BCUT2D eigenvalue weighted by Gasteiger charge is -2.06. The van der Waals surface area contributed by atoms with Gasteiger partial charge < -0.3 is 4.57 Å². The normalized spacial score (nSPS) is 11.0. The first-order valence-corrected chi connectivity index (χ1v) is 9.17. The van der Waals surface area contributed by atoms with Crippen LogP contribution in [0, 0.1) is 15.9 Å². The number of aromatic nitrogens is 1. The number of nitro groups is 1. The predicted octanol–water partition coefficient (Wildman–Crippen LogP) is 5.89. The number of nitrogens with zero attached hydrogens (tertiary/aromatic N) is 2. The van der Waals surface area contributed by atoms with Crippen molar-refractivity contribution in [1.82, 2.24) is 4.57 Å². The van der Waals surface area contributed by atoms with Crippen molar-refractivity contribution < 1.29 is 9.31 Å². The Bertz CT molecular complexity index is 1140. The average molecular weight is 378 g/mol. The third kappa shape index (κ3) is 3.44. The molecule has 0 N–H and O–H groups in total. The van der Waals surface area contributed by atoms with E-state index in [0.29, 0.717) is 17.0 Å². The highest BCUT2D eigenvalue weighted by molar-refractivity contribution is 7.99. The average Bonchev–Trinajstić information content (AvgIpc) is 3.01. The van der Waals surface area contributed by atoms with Crippen molar-refractivity contribution in [3.63, 3.8) is 0 Å². The first kappa shape index (κ1) is 17.3. The minimum Gasteiger partial charge on any atom is -0.342 e. The Morgan fingerprint density at radius 2 is 1.63 bits per heavy atom. The van der Waals surface area contributed by atoms with Gasteiger partial charge in [-0.15, -0.1) is 0 Å². The molecule has 4 aromatic rings. The van der Waals surface area contributed by atoms with Crippen molar-refractivity contribution in [2.75, 3.05) is 0 Å². The van der Waals surface area contributed by atoms with E-state index in [2.05, 4.69) is 0 Å². The molecule has 0 aliphatic rings. The van der Waals surface area contributed by atoms with Crippen LogP contribution < -0.4 is 0 Å². The highest BCUT2D eigenvalue weighted by Gasteiger charge is 2.17. The van der Waals surface area contributed by atoms with Crippen LogP contribution in [0.25, 0.3) is 10.9 Å². The summed E-state index contributed by atoms with van der Waals surface area (Å²) in [4.78, 5) is 12.4. The number of hydrogen-bond acceptors (Lipinski definition) is 3. The second-order valence-electron chi connectivity index (χ2n) is 6.06.